The third-order valence-corrected chi connectivity index (χ3v) is 4.04. The lowest BCUT2D eigenvalue weighted by Gasteiger charge is -2.26. The first-order valence-corrected chi connectivity index (χ1v) is 7.09. The summed E-state index contributed by atoms with van der Waals surface area (Å²) in [4.78, 5) is 7.06. The zero-order valence-corrected chi connectivity index (χ0v) is 11.5. The highest BCUT2D eigenvalue weighted by Gasteiger charge is 2.22. The van der Waals surface area contributed by atoms with Crippen LogP contribution in [-0.2, 0) is 0 Å². The van der Waals surface area contributed by atoms with Crippen LogP contribution in [0.3, 0.4) is 0 Å². The van der Waals surface area contributed by atoms with Gasteiger partial charge in [0.25, 0.3) is 0 Å². The Bertz CT molecular complexity index is 573. The quantitative estimate of drug-likeness (QED) is 0.916. The lowest BCUT2D eigenvalue weighted by Crippen LogP contribution is -2.31. The molecule has 2 heterocycles. The topological polar surface area (TPSA) is 42.1 Å². The van der Waals surface area contributed by atoms with Gasteiger partial charge in [-0.25, -0.2) is 0 Å². The van der Waals surface area contributed by atoms with Crippen LogP contribution in [0.15, 0.2) is 30.3 Å². The van der Waals surface area contributed by atoms with Gasteiger partial charge in [-0.2, -0.15) is 0 Å². The molecule has 0 bridgehead atoms. The average molecular weight is 255 g/mol. The second-order valence-corrected chi connectivity index (χ2v) is 5.40. The van der Waals surface area contributed by atoms with Gasteiger partial charge in [0.1, 0.15) is 0 Å². The molecule has 0 amide bonds. The van der Waals surface area contributed by atoms with Crippen molar-refractivity contribution < 1.29 is 0 Å². The lowest BCUT2D eigenvalue weighted by molar-refractivity contribution is 0.251. The fourth-order valence-corrected chi connectivity index (χ4v) is 3.00. The number of fused-ring (bicyclic) bond motifs is 1. The molecule has 0 aliphatic carbocycles. The van der Waals surface area contributed by atoms with E-state index in [2.05, 4.69) is 40.2 Å². The molecular weight excluding hydrogens is 234 g/mol. The minimum atomic E-state index is 0.355. The first-order valence-electron chi connectivity index (χ1n) is 7.09. The van der Waals surface area contributed by atoms with Crippen LogP contribution in [0, 0.1) is 6.92 Å². The monoisotopic (exact) mass is 255 g/mol. The third-order valence-electron chi connectivity index (χ3n) is 4.04. The predicted octanol–water partition coefficient (Wildman–Crippen LogP) is 2.64. The molecule has 19 heavy (non-hydrogen) atoms. The molecule has 1 saturated heterocycles. The number of hydrogen-bond acceptors (Lipinski definition) is 3. The van der Waals surface area contributed by atoms with E-state index in [9.17, 15) is 0 Å². The van der Waals surface area contributed by atoms with Crippen LogP contribution in [0.5, 0.6) is 0 Å². The summed E-state index contributed by atoms with van der Waals surface area (Å²) < 4.78 is 0. The molecule has 100 valence electrons. The Labute approximate surface area is 114 Å². The second-order valence-electron chi connectivity index (χ2n) is 5.40. The van der Waals surface area contributed by atoms with Gasteiger partial charge in [-0.05, 0) is 56.6 Å². The van der Waals surface area contributed by atoms with Crippen molar-refractivity contribution in [1.82, 2.24) is 9.88 Å². The molecule has 1 aliphatic rings. The van der Waals surface area contributed by atoms with E-state index in [4.69, 9.17) is 5.73 Å². The summed E-state index contributed by atoms with van der Waals surface area (Å²) in [5.41, 5.74) is 9.45. The number of likely N-dealkylation sites (tertiary alicyclic amines) is 1. The van der Waals surface area contributed by atoms with Crippen molar-refractivity contribution in [3.63, 3.8) is 0 Å². The van der Waals surface area contributed by atoms with E-state index in [1.54, 1.807) is 0 Å². The lowest BCUT2D eigenvalue weighted by atomic mass is 10.0. The maximum Gasteiger partial charge on any atom is 0.0705 e. The van der Waals surface area contributed by atoms with Crippen molar-refractivity contribution in [3.8, 4) is 0 Å². The van der Waals surface area contributed by atoms with E-state index >= 15 is 0 Å². The van der Waals surface area contributed by atoms with Gasteiger partial charge in [-0.1, -0.05) is 12.1 Å². The summed E-state index contributed by atoms with van der Waals surface area (Å²) in [6.45, 7) is 5.06. The number of benzene rings is 1. The Kier molecular flexibility index (Phi) is 3.49. The molecule has 0 radical (unpaired) electrons. The Balaban J connectivity index is 1.96. The molecule has 3 nitrogen and oxygen atoms in total. The molecule has 1 fully saturated rings. The summed E-state index contributed by atoms with van der Waals surface area (Å²) in [7, 11) is 0. The number of aromatic nitrogens is 1. The summed E-state index contributed by atoms with van der Waals surface area (Å²) >= 11 is 0. The van der Waals surface area contributed by atoms with Gasteiger partial charge in [0.15, 0.2) is 0 Å². The molecule has 1 aliphatic heterocycles. The van der Waals surface area contributed by atoms with Crippen LogP contribution in [0.2, 0.25) is 0 Å². The highest BCUT2D eigenvalue weighted by atomic mass is 15.2. The highest BCUT2D eigenvalue weighted by Crippen LogP contribution is 2.26. The maximum atomic E-state index is 6.00. The van der Waals surface area contributed by atoms with E-state index in [-0.39, 0.29) is 0 Å². The number of rotatable bonds is 3. The Morgan fingerprint density at radius 3 is 2.74 bits per heavy atom. The van der Waals surface area contributed by atoms with Crippen molar-refractivity contribution in [3.05, 3.63) is 41.6 Å². The third kappa shape index (κ3) is 2.48. The van der Waals surface area contributed by atoms with Crippen molar-refractivity contribution in [2.75, 3.05) is 19.6 Å². The molecule has 2 aromatic rings. The number of nitrogens with two attached hydrogens (primary N) is 1. The Morgan fingerprint density at radius 1 is 1.21 bits per heavy atom. The van der Waals surface area contributed by atoms with Crippen molar-refractivity contribution >= 4 is 10.9 Å². The summed E-state index contributed by atoms with van der Waals surface area (Å²) in [5.74, 6) is 0. The van der Waals surface area contributed by atoms with E-state index in [0.717, 1.165) is 11.2 Å². The van der Waals surface area contributed by atoms with Gasteiger partial charge < -0.3 is 5.73 Å². The van der Waals surface area contributed by atoms with Gasteiger partial charge >= 0.3 is 0 Å². The molecule has 0 saturated carbocycles. The smallest absolute Gasteiger partial charge is 0.0705 e. The van der Waals surface area contributed by atoms with Crippen molar-refractivity contribution in [1.29, 1.82) is 0 Å². The van der Waals surface area contributed by atoms with Crippen LogP contribution in [0.25, 0.3) is 10.9 Å². The number of nitrogens with zero attached hydrogens (tertiary/aromatic N) is 2. The minimum absolute atomic E-state index is 0.355. The zero-order chi connectivity index (χ0) is 13.2. The van der Waals surface area contributed by atoms with Gasteiger partial charge in [-0.3, -0.25) is 9.88 Å². The molecular formula is C16H21N3. The minimum Gasteiger partial charge on any atom is -0.329 e. The van der Waals surface area contributed by atoms with Gasteiger partial charge in [-0.15, -0.1) is 0 Å². The summed E-state index contributed by atoms with van der Waals surface area (Å²) in [5, 5.41) is 1.21. The van der Waals surface area contributed by atoms with Crippen LogP contribution < -0.4 is 5.73 Å². The molecule has 0 spiro atoms. The molecule has 1 unspecified atom stereocenters. The molecule has 3 rings (SSSR count). The first-order chi connectivity index (χ1) is 9.28. The van der Waals surface area contributed by atoms with Gasteiger partial charge in [0.05, 0.1) is 5.52 Å². The van der Waals surface area contributed by atoms with E-state index in [1.165, 1.54) is 36.9 Å². The normalized spacial score (nSPS) is 18.0. The second kappa shape index (κ2) is 5.27. The SMILES string of the molecule is Cc1ccc2cc(C(CN)N3CCCC3)ccc2n1. The summed E-state index contributed by atoms with van der Waals surface area (Å²) in [6.07, 6.45) is 2.59. The zero-order valence-electron chi connectivity index (χ0n) is 11.5. The molecule has 3 heteroatoms. The van der Waals surface area contributed by atoms with Crippen LogP contribution in [0.1, 0.15) is 30.1 Å². The fourth-order valence-electron chi connectivity index (χ4n) is 3.00. The fraction of sp³-hybridized carbons (Fsp3) is 0.438. The standard InChI is InChI=1S/C16H21N3/c1-12-4-5-13-10-14(6-7-15(13)18-12)16(11-17)19-8-2-3-9-19/h4-7,10,16H,2-3,8-9,11,17H2,1H3. The molecule has 1 aromatic carbocycles. The van der Waals surface area contributed by atoms with Crippen LogP contribution >= 0.6 is 0 Å². The summed E-state index contributed by atoms with van der Waals surface area (Å²) in [6, 6.07) is 11.1. The maximum absolute atomic E-state index is 6.00. The van der Waals surface area contributed by atoms with E-state index < -0.39 is 0 Å². The van der Waals surface area contributed by atoms with E-state index in [1.807, 2.05) is 6.92 Å². The van der Waals surface area contributed by atoms with Gasteiger partial charge in [0, 0.05) is 23.7 Å². The molecule has 2 N–H and O–H groups in total. The largest absolute Gasteiger partial charge is 0.329 e. The Morgan fingerprint density at radius 2 is 2.00 bits per heavy atom. The van der Waals surface area contributed by atoms with Crippen LogP contribution in [0.4, 0.5) is 0 Å². The van der Waals surface area contributed by atoms with Crippen molar-refractivity contribution in [2.45, 2.75) is 25.8 Å². The number of aryl methyl sites for hydroxylation is 1. The molecule has 1 aromatic heterocycles. The van der Waals surface area contributed by atoms with Gasteiger partial charge in [0.2, 0.25) is 0 Å². The first kappa shape index (κ1) is 12.6. The number of hydrogen-bond donors (Lipinski definition) is 1. The number of pyridine rings is 1. The van der Waals surface area contributed by atoms with Crippen LogP contribution in [-0.4, -0.2) is 29.5 Å². The average Bonchev–Trinajstić information content (AvgIpc) is 2.93. The van der Waals surface area contributed by atoms with E-state index in [0.29, 0.717) is 12.6 Å². The highest BCUT2D eigenvalue weighted by molar-refractivity contribution is 5.79. The molecule has 1 atom stereocenters. The van der Waals surface area contributed by atoms with Crippen molar-refractivity contribution in [2.24, 2.45) is 5.73 Å². The Hall–Kier alpha value is -1.45. The predicted molar refractivity (Wildman–Crippen MR) is 79.1 cm³/mol.